The maximum Gasteiger partial charge on any atom is 0.229 e. The standard InChI is InChI=1S/C10H16N2O4/c1-7(13)6-11-8(14)4-5-12-9(15)2-3-10(12)16/h7,13H,2-6H2,1H3,(H,11,14)/t7-/m0/s1. The average Bonchev–Trinajstić information content (AvgIpc) is 2.53. The van der Waals surface area contributed by atoms with Gasteiger partial charge in [0.25, 0.3) is 0 Å². The number of hydrogen-bond donors (Lipinski definition) is 2. The number of carbonyl (C=O) groups is 3. The van der Waals surface area contributed by atoms with Crippen LogP contribution in [0.15, 0.2) is 0 Å². The van der Waals surface area contributed by atoms with Crippen molar-refractivity contribution in [2.75, 3.05) is 13.1 Å². The Labute approximate surface area is 93.6 Å². The second-order valence-electron chi connectivity index (χ2n) is 3.84. The molecule has 0 unspecified atom stereocenters. The molecule has 1 heterocycles. The van der Waals surface area contributed by atoms with Gasteiger partial charge in [0.05, 0.1) is 6.10 Å². The molecule has 1 fully saturated rings. The van der Waals surface area contributed by atoms with Gasteiger partial charge in [-0.15, -0.1) is 0 Å². The second kappa shape index (κ2) is 5.60. The molecule has 6 nitrogen and oxygen atoms in total. The number of aliphatic hydroxyl groups is 1. The molecule has 0 bridgehead atoms. The molecule has 90 valence electrons. The Morgan fingerprint density at radius 2 is 2.00 bits per heavy atom. The molecule has 3 amide bonds. The van der Waals surface area contributed by atoms with Crippen LogP contribution in [-0.2, 0) is 14.4 Å². The maximum atomic E-state index is 11.2. The lowest BCUT2D eigenvalue weighted by molar-refractivity contribution is -0.138. The van der Waals surface area contributed by atoms with Crippen LogP contribution in [0.3, 0.4) is 0 Å². The number of likely N-dealkylation sites (tertiary alicyclic amines) is 1. The van der Waals surface area contributed by atoms with E-state index in [0.717, 1.165) is 4.90 Å². The molecule has 0 spiro atoms. The summed E-state index contributed by atoms with van der Waals surface area (Å²) >= 11 is 0. The smallest absolute Gasteiger partial charge is 0.229 e. The van der Waals surface area contributed by atoms with Crippen molar-refractivity contribution in [3.8, 4) is 0 Å². The van der Waals surface area contributed by atoms with Crippen molar-refractivity contribution in [1.29, 1.82) is 0 Å². The first-order valence-corrected chi connectivity index (χ1v) is 5.28. The first-order chi connectivity index (χ1) is 7.50. The third-order valence-electron chi connectivity index (χ3n) is 2.31. The number of carbonyl (C=O) groups excluding carboxylic acids is 3. The minimum absolute atomic E-state index is 0.0875. The van der Waals surface area contributed by atoms with Crippen molar-refractivity contribution in [3.63, 3.8) is 0 Å². The predicted octanol–water partition coefficient (Wildman–Crippen LogP) is -0.978. The van der Waals surface area contributed by atoms with Crippen molar-refractivity contribution in [1.82, 2.24) is 10.2 Å². The molecule has 16 heavy (non-hydrogen) atoms. The number of aliphatic hydroxyl groups excluding tert-OH is 1. The van der Waals surface area contributed by atoms with Gasteiger partial charge >= 0.3 is 0 Å². The molecule has 1 aliphatic rings. The number of imide groups is 1. The fourth-order valence-corrected chi connectivity index (χ4v) is 1.44. The zero-order chi connectivity index (χ0) is 12.1. The van der Waals surface area contributed by atoms with Crippen molar-refractivity contribution in [3.05, 3.63) is 0 Å². The summed E-state index contributed by atoms with van der Waals surface area (Å²) in [6.07, 6.45) is -0.0223. The highest BCUT2D eigenvalue weighted by atomic mass is 16.3. The van der Waals surface area contributed by atoms with Gasteiger partial charge in [0.2, 0.25) is 17.7 Å². The highest BCUT2D eigenvalue weighted by Gasteiger charge is 2.28. The molecule has 6 heteroatoms. The van der Waals surface area contributed by atoms with Crippen LogP contribution in [0, 0.1) is 0 Å². The SMILES string of the molecule is C[C@H](O)CNC(=O)CCN1C(=O)CCC1=O. The second-order valence-corrected chi connectivity index (χ2v) is 3.84. The molecule has 2 N–H and O–H groups in total. The van der Waals surface area contributed by atoms with Crippen molar-refractivity contribution in [2.24, 2.45) is 0 Å². The van der Waals surface area contributed by atoms with E-state index >= 15 is 0 Å². The van der Waals surface area contributed by atoms with Crippen LogP contribution in [0.1, 0.15) is 26.2 Å². The summed E-state index contributed by atoms with van der Waals surface area (Å²) in [5, 5.41) is 11.4. The molecule has 0 aromatic rings. The molecule has 1 atom stereocenters. The normalized spacial score (nSPS) is 17.8. The number of rotatable bonds is 5. The Morgan fingerprint density at radius 3 is 2.50 bits per heavy atom. The van der Waals surface area contributed by atoms with Crippen LogP contribution in [0.4, 0.5) is 0 Å². The van der Waals surface area contributed by atoms with Crippen LogP contribution in [0.2, 0.25) is 0 Å². The van der Waals surface area contributed by atoms with Crippen molar-refractivity contribution < 1.29 is 19.5 Å². The fraction of sp³-hybridized carbons (Fsp3) is 0.700. The van der Waals surface area contributed by atoms with E-state index in [1.54, 1.807) is 6.92 Å². The predicted molar refractivity (Wildman–Crippen MR) is 55.3 cm³/mol. The fourth-order valence-electron chi connectivity index (χ4n) is 1.44. The van der Waals surface area contributed by atoms with Gasteiger partial charge in [-0.05, 0) is 6.92 Å². The van der Waals surface area contributed by atoms with Crippen molar-refractivity contribution in [2.45, 2.75) is 32.3 Å². The molecule has 0 aliphatic carbocycles. The lowest BCUT2D eigenvalue weighted by Gasteiger charge is -2.13. The van der Waals surface area contributed by atoms with E-state index in [-0.39, 0.29) is 50.1 Å². The number of nitrogens with one attached hydrogen (secondary N) is 1. The Hall–Kier alpha value is -1.43. The molecule has 1 aliphatic heterocycles. The molecular formula is C10H16N2O4. The van der Waals surface area contributed by atoms with E-state index in [1.165, 1.54) is 0 Å². The van der Waals surface area contributed by atoms with E-state index in [4.69, 9.17) is 5.11 Å². The van der Waals surface area contributed by atoms with E-state index in [0.29, 0.717) is 0 Å². The number of amides is 3. The summed E-state index contributed by atoms with van der Waals surface area (Å²) in [6, 6.07) is 0. The topological polar surface area (TPSA) is 86.7 Å². The molecule has 0 radical (unpaired) electrons. The minimum Gasteiger partial charge on any atom is -0.392 e. The molecule has 0 saturated carbocycles. The lowest BCUT2D eigenvalue weighted by atomic mass is 10.3. The summed E-state index contributed by atoms with van der Waals surface area (Å²) in [5.41, 5.74) is 0. The largest absolute Gasteiger partial charge is 0.392 e. The van der Waals surface area contributed by atoms with Gasteiger partial charge in [0, 0.05) is 32.4 Å². The van der Waals surface area contributed by atoms with Crippen LogP contribution in [0.5, 0.6) is 0 Å². The summed E-state index contributed by atoms with van der Waals surface area (Å²) in [5.74, 6) is -0.699. The summed E-state index contributed by atoms with van der Waals surface area (Å²) in [4.78, 5) is 34.8. The Kier molecular flexibility index (Phi) is 4.42. The zero-order valence-corrected chi connectivity index (χ0v) is 9.23. The molecule has 1 rings (SSSR count). The third-order valence-corrected chi connectivity index (χ3v) is 2.31. The Morgan fingerprint density at radius 1 is 1.44 bits per heavy atom. The molecule has 1 saturated heterocycles. The number of nitrogens with zero attached hydrogens (tertiary/aromatic N) is 1. The molecule has 0 aromatic heterocycles. The first-order valence-electron chi connectivity index (χ1n) is 5.28. The zero-order valence-electron chi connectivity index (χ0n) is 9.23. The van der Waals surface area contributed by atoms with Gasteiger partial charge in [-0.1, -0.05) is 0 Å². The van der Waals surface area contributed by atoms with E-state index in [9.17, 15) is 14.4 Å². The third kappa shape index (κ3) is 3.62. The summed E-state index contributed by atoms with van der Waals surface area (Å²) < 4.78 is 0. The summed E-state index contributed by atoms with van der Waals surface area (Å²) in [6.45, 7) is 1.87. The van der Waals surface area contributed by atoms with E-state index in [2.05, 4.69) is 5.32 Å². The van der Waals surface area contributed by atoms with Gasteiger partial charge in [-0.25, -0.2) is 0 Å². The highest BCUT2D eigenvalue weighted by Crippen LogP contribution is 2.11. The quantitative estimate of drug-likeness (QED) is 0.592. The highest BCUT2D eigenvalue weighted by molar-refractivity contribution is 6.02. The van der Waals surface area contributed by atoms with Crippen LogP contribution >= 0.6 is 0 Å². The van der Waals surface area contributed by atoms with Crippen LogP contribution in [-0.4, -0.2) is 46.9 Å². The number of hydrogen-bond acceptors (Lipinski definition) is 4. The van der Waals surface area contributed by atoms with Gasteiger partial charge in [-0.3, -0.25) is 19.3 Å². The Bertz CT molecular complexity index is 285. The first kappa shape index (κ1) is 12.6. The van der Waals surface area contributed by atoms with E-state index in [1.807, 2.05) is 0 Å². The summed E-state index contributed by atoms with van der Waals surface area (Å²) in [7, 11) is 0. The molecule has 0 aromatic carbocycles. The average molecular weight is 228 g/mol. The maximum absolute atomic E-state index is 11.2. The minimum atomic E-state index is -0.598. The van der Waals surface area contributed by atoms with Gasteiger partial charge < -0.3 is 10.4 Å². The van der Waals surface area contributed by atoms with Crippen LogP contribution in [0.25, 0.3) is 0 Å². The van der Waals surface area contributed by atoms with Gasteiger partial charge in [-0.2, -0.15) is 0 Å². The van der Waals surface area contributed by atoms with Gasteiger partial charge in [0.1, 0.15) is 0 Å². The van der Waals surface area contributed by atoms with Crippen LogP contribution < -0.4 is 5.32 Å². The Balaban J connectivity index is 2.26. The van der Waals surface area contributed by atoms with Gasteiger partial charge in [0.15, 0.2) is 0 Å². The lowest BCUT2D eigenvalue weighted by Crippen LogP contribution is -2.36. The molecular weight excluding hydrogens is 212 g/mol. The van der Waals surface area contributed by atoms with Crippen molar-refractivity contribution >= 4 is 17.7 Å². The van der Waals surface area contributed by atoms with E-state index < -0.39 is 6.10 Å². The monoisotopic (exact) mass is 228 g/mol.